The maximum Gasteiger partial charge on any atom is 0.248 e. The zero-order valence-corrected chi connectivity index (χ0v) is 35.5. The van der Waals surface area contributed by atoms with Crippen LogP contribution in [0, 0.1) is 23.7 Å². The summed E-state index contributed by atoms with van der Waals surface area (Å²) >= 11 is 0. The van der Waals surface area contributed by atoms with Crippen molar-refractivity contribution in [3.05, 3.63) is 177 Å². The van der Waals surface area contributed by atoms with E-state index >= 15 is 0 Å². The van der Waals surface area contributed by atoms with Gasteiger partial charge in [-0.2, -0.15) is 10.2 Å². The largest absolute Gasteiger partial charge is 0.481 e. The van der Waals surface area contributed by atoms with Gasteiger partial charge in [0.1, 0.15) is 22.8 Å². The van der Waals surface area contributed by atoms with E-state index in [4.69, 9.17) is 9.72 Å². The van der Waals surface area contributed by atoms with Crippen LogP contribution >= 0.6 is 0 Å². The van der Waals surface area contributed by atoms with Crippen molar-refractivity contribution in [2.75, 3.05) is 16.9 Å². The van der Waals surface area contributed by atoms with Crippen LogP contribution in [0.5, 0.6) is 5.88 Å². The number of hydrogen-bond acceptors (Lipinski definition) is 15. The lowest BCUT2D eigenvalue weighted by atomic mass is 10.1. The molecule has 2 aliphatic rings. The fourth-order valence-corrected chi connectivity index (χ4v) is 7.63. The van der Waals surface area contributed by atoms with Crippen LogP contribution in [0.3, 0.4) is 0 Å². The molecule has 2 aromatic carbocycles. The molecule has 8 aromatic heterocycles. The first kappa shape index (κ1) is 42.3. The second-order valence-corrected chi connectivity index (χ2v) is 15.4. The van der Waals surface area contributed by atoms with Gasteiger partial charge in [0.2, 0.25) is 23.3 Å². The lowest BCUT2D eigenvalue weighted by molar-refractivity contribution is 0.397. The van der Waals surface area contributed by atoms with Crippen LogP contribution in [0.2, 0.25) is 0 Å². The lowest BCUT2D eigenvalue weighted by Crippen LogP contribution is -2.17. The first-order valence-electron chi connectivity index (χ1n) is 20.9. The molecule has 0 amide bonds. The van der Waals surface area contributed by atoms with Crippen molar-refractivity contribution in [3.8, 4) is 52.6 Å². The van der Waals surface area contributed by atoms with Gasteiger partial charge in [-0.15, -0.1) is 0 Å². The van der Waals surface area contributed by atoms with Gasteiger partial charge in [-0.25, -0.2) is 44.9 Å². The molecule has 0 fully saturated rings. The summed E-state index contributed by atoms with van der Waals surface area (Å²) in [6.45, 7) is 2.58. The van der Waals surface area contributed by atoms with Crippen molar-refractivity contribution in [2.24, 2.45) is 0 Å². The molecule has 0 saturated carbocycles. The van der Waals surface area contributed by atoms with E-state index in [0.717, 1.165) is 55.2 Å². The van der Waals surface area contributed by atoms with E-state index < -0.39 is 0 Å². The van der Waals surface area contributed by atoms with Crippen LogP contribution in [-0.4, -0.2) is 77.3 Å². The Morgan fingerprint density at radius 3 is 1.65 bits per heavy atom. The number of nitrogens with one attached hydrogen (secondary N) is 3. The molecule has 68 heavy (non-hydrogen) atoms. The number of anilines is 2. The van der Waals surface area contributed by atoms with Crippen LogP contribution in [0.1, 0.15) is 52.2 Å². The molecular weight excluding hydrogens is 857 g/mol. The third-order valence-corrected chi connectivity index (χ3v) is 11.0. The monoisotopic (exact) mass is 894 g/mol. The Kier molecular flexibility index (Phi) is 11.5. The normalized spacial score (nSPS) is 12.2. The number of benzene rings is 2. The zero-order chi connectivity index (χ0) is 45.1. The maximum absolute atomic E-state index is 11.6. The first-order valence-corrected chi connectivity index (χ1v) is 20.9. The average Bonchev–Trinajstić information content (AvgIpc) is 4.22. The summed E-state index contributed by atoms with van der Waals surface area (Å²) in [5.41, 5.74) is 10.4. The highest BCUT2D eigenvalue weighted by Crippen LogP contribution is 2.29. The third kappa shape index (κ3) is 9.01. The summed E-state index contributed by atoms with van der Waals surface area (Å²) in [4.78, 5) is 58.9. The third-order valence-electron chi connectivity index (χ3n) is 11.0. The van der Waals surface area contributed by atoms with Crippen molar-refractivity contribution < 1.29 is 4.74 Å². The Labute approximate surface area is 388 Å². The molecule has 0 bridgehead atoms. The van der Waals surface area contributed by atoms with Crippen LogP contribution in [0.4, 0.5) is 11.9 Å². The second kappa shape index (κ2) is 18.4. The van der Waals surface area contributed by atoms with E-state index in [-0.39, 0.29) is 13.0 Å². The molecular formula is C50H38N16O2. The summed E-state index contributed by atoms with van der Waals surface area (Å²) in [7, 11) is 1.62. The molecule has 0 saturated heterocycles. The highest BCUT2D eigenvalue weighted by Gasteiger charge is 2.24. The summed E-state index contributed by atoms with van der Waals surface area (Å²) in [5, 5.41) is 16.0. The molecule has 18 nitrogen and oxygen atoms in total. The molecule has 10 aromatic rings. The minimum atomic E-state index is -0.110. The van der Waals surface area contributed by atoms with E-state index in [2.05, 4.69) is 93.8 Å². The topological polar surface area (TPSA) is 222 Å². The number of fused-ring (bicyclic) bond motifs is 4. The molecule has 0 aliphatic carbocycles. The highest BCUT2D eigenvalue weighted by molar-refractivity contribution is 5.80. The maximum atomic E-state index is 11.6. The van der Waals surface area contributed by atoms with Gasteiger partial charge in [0.25, 0.3) is 0 Å². The summed E-state index contributed by atoms with van der Waals surface area (Å²) < 4.78 is 5.24. The number of methoxy groups -OCH3 is 1. The Morgan fingerprint density at radius 2 is 1.07 bits per heavy atom. The van der Waals surface area contributed by atoms with Gasteiger partial charge in [-0.3, -0.25) is 15.0 Å². The lowest BCUT2D eigenvalue weighted by Gasteiger charge is -2.15. The van der Waals surface area contributed by atoms with Crippen molar-refractivity contribution in [1.29, 1.82) is 0 Å². The minimum absolute atomic E-state index is 0. The SMILES string of the molecule is C.COc1cc2c(cn1)CN(c1nccc(-c3nccc(C#Cc4ccc5[nH]ncc5c4)n3)n1)C2.O=c1cc2c(c[nH]1)CN(c1nccc(-c3nccc(C#Cc4ccc5[nH]ncc5c4)n3)n1)C2. The Morgan fingerprint density at radius 1 is 0.544 bits per heavy atom. The average molecular weight is 895 g/mol. The molecule has 330 valence electrons. The van der Waals surface area contributed by atoms with Crippen molar-refractivity contribution in [2.45, 2.75) is 33.6 Å². The van der Waals surface area contributed by atoms with Crippen molar-refractivity contribution >= 4 is 33.7 Å². The van der Waals surface area contributed by atoms with Gasteiger partial charge >= 0.3 is 0 Å². The molecule has 3 N–H and O–H groups in total. The van der Waals surface area contributed by atoms with Gasteiger partial charge in [0.15, 0.2) is 11.6 Å². The second-order valence-electron chi connectivity index (χ2n) is 15.4. The minimum Gasteiger partial charge on any atom is -0.481 e. The number of aromatic amines is 3. The molecule has 0 spiro atoms. The van der Waals surface area contributed by atoms with Crippen LogP contribution in [0.15, 0.2) is 127 Å². The molecule has 10 heterocycles. The van der Waals surface area contributed by atoms with Gasteiger partial charge < -0.3 is 19.5 Å². The quantitative estimate of drug-likeness (QED) is 0.164. The smallest absolute Gasteiger partial charge is 0.248 e. The number of nitrogens with zero attached hydrogens (tertiary/aromatic N) is 13. The number of rotatable bonds is 5. The van der Waals surface area contributed by atoms with Gasteiger partial charge in [0, 0.05) is 97.4 Å². The van der Waals surface area contributed by atoms with Gasteiger partial charge in [-0.1, -0.05) is 19.3 Å². The molecule has 12 rings (SSSR count). The van der Waals surface area contributed by atoms with Gasteiger partial charge in [-0.05, 0) is 94.8 Å². The van der Waals surface area contributed by atoms with Gasteiger partial charge in [0.05, 0.1) is 30.5 Å². The van der Waals surface area contributed by atoms with Crippen molar-refractivity contribution in [3.63, 3.8) is 0 Å². The van der Waals surface area contributed by atoms with E-state index in [9.17, 15) is 4.79 Å². The Bertz CT molecular complexity index is 3690. The predicted octanol–water partition coefficient (Wildman–Crippen LogP) is 6.19. The number of H-pyrrole nitrogens is 3. The number of aromatic nitrogens is 14. The van der Waals surface area contributed by atoms with E-state index in [1.54, 1.807) is 80.8 Å². The predicted molar refractivity (Wildman–Crippen MR) is 255 cm³/mol. The molecule has 18 heteroatoms. The fourth-order valence-electron chi connectivity index (χ4n) is 7.63. The van der Waals surface area contributed by atoms with E-state index in [1.165, 1.54) is 0 Å². The molecule has 0 unspecified atom stereocenters. The van der Waals surface area contributed by atoms with Crippen LogP contribution in [0.25, 0.3) is 44.8 Å². The first-order chi connectivity index (χ1) is 33.0. The van der Waals surface area contributed by atoms with E-state index in [1.807, 2.05) is 53.6 Å². The Hall–Kier alpha value is -9.68. The van der Waals surface area contributed by atoms with Crippen LogP contribution in [-0.2, 0) is 26.2 Å². The molecule has 0 radical (unpaired) electrons. The molecule has 2 aliphatic heterocycles. The molecule has 0 atom stereocenters. The highest BCUT2D eigenvalue weighted by atomic mass is 16.5. The van der Waals surface area contributed by atoms with Crippen molar-refractivity contribution in [1.82, 2.24) is 70.2 Å². The summed E-state index contributed by atoms with van der Waals surface area (Å²) in [6, 6.07) is 22.5. The zero-order valence-electron chi connectivity index (χ0n) is 35.5. The summed E-state index contributed by atoms with van der Waals surface area (Å²) in [5.74, 6) is 15.3. The standard InChI is InChI=1S/C25H18N8O.C24H16N8O.CH4/c1-34-23-11-18-14-33(15-19(18)12-28-23)25-27-9-7-22(31-25)24-26-8-6-20(30-24)4-2-16-3-5-21-17(10-16)13-29-32-21;33-22-10-17-13-32(14-18(17)11-27-22)24-26-8-6-21(30-24)23-25-7-5-19(29-23)3-1-15-2-4-20-16(9-15)12-28-31-20;/h3,5-13H,14-15H2,1H3,(H,29,32);2,4-12H,13-14H2,(H,27,33)(H,28,31);1H4. The van der Waals surface area contributed by atoms with E-state index in [0.29, 0.717) is 78.4 Å². The van der Waals surface area contributed by atoms with Crippen LogP contribution < -0.4 is 20.1 Å². The summed E-state index contributed by atoms with van der Waals surface area (Å²) in [6.07, 6.45) is 13.9. The number of ether oxygens (including phenoxy) is 1. The number of hydrogen-bond donors (Lipinski definition) is 3. The Balaban J connectivity index is 0.000000156. The fraction of sp³-hybridized carbons (Fsp3) is 0.120. The number of pyridine rings is 2.